The highest BCUT2D eigenvalue weighted by molar-refractivity contribution is 5.95. The first-order valence-corrected chi connectivity index (χ1v) is 8.74. The van der Waals surface area contributed by atoms with Crippen LogP contribution in [0.2, 0.25) is 0 Å². The molecule has 0 amide bonds. The Labute approximate surface area is 158 Å². The highest BCUT2D eigenvalue weighted by Gasteiger charge is 2.04. The Bertz CT molecular complexity index is 923. The summed E-state index contributed by atoms with van der Waals surface area (Å²) in [5.41, 5.74) is 2.29. The molecule has 2 N–H and O–H groups in total. The van der Waals surface area contributed by atoms with Crippen LogP contribution in [0.25, 0.3) is 0 Å². The second kappa shape index (κ2) is 8.31. The first-order valence-electron chi connectivity index (χ1n) is 8.74. The molecule has 138 valence electrons. The van der Waals surface area contributed by atoms with Gasteiger partial charge in [-0.1, -0.05) is 12.1 Å². The minimum absolute atomic E-state index is 0.0138. The van der Waals surface area contributed by atoms with E-state index in [-0.39, 0.29) is 11.9 Å². The molecule has 1 aromatic heterocycles. The number of hydrogen-bond donors (Lipinski definition) is 2. The largest absolute Gasteiger partial charge is 0.491 e. The standard InChI is InChI=1S/C21H22N4O2/c1-14(2)27-19-9-7-17(8-10-19)23-20-11-12-22-21(25-20)24-18-6-4-5-16(13-18)15(3)26/h4-14H,1-3H3,(H2,22,23,24,25). The van der Waals surface area contributed by atoms with Crippen molar-refractivity contribution in [3.05, 3.63) is 66.4 Å². The van der Waals surface area contributed by atoms with Crippen LogP contribution in [-0.4, -0.2) is 21.9 Å². The summed E-state index contributed by atoms with van der Waals surface area (Å²) in [5.74, 6) is 1.94. The Kier molecular flexibility index (Phi) is 5.66. The molecule has 3 rings (SSSR count). The van der Waals surface area contributed by atoms with Gasteiger partial charge in [0.2, 0.25) is 5.95 Å². The molecule has 0 unspecified atom stereocenters. The number of carbonyl (C=O) groups excluding carboxylic acids is 1. The van der Waals surface area contributed by atoms with Crippen molar-refractivity contribution in [1.82, 2.24) is 9.97 Å². The van der Waals surface area contributed by atoms with Crippen LogP contribution >= 0.6 is 0 Å². The number of aromatic nitrogens is 2. The summed E-state index contributed by atoms with van der Waals surface area (Å²) in [5, 5.41) is 6.36. The molecule has 0 saturated carbocycles. The van der Waals surface area contributed by atoms with E-state index in [9.17, 15) is 4.79 Å². The summed E-state index contributed by atoms with van der Waals surface area (Å²) in [7, 11) is 0. The van der Waals surface area contributed by atoms with Gasteiger partial charge in [-0.2, -0.15) is 4.98 Å². The van der Waals surface area contributed by atoms with E-state index in [4.69, 9.17) is 4.74 Å². The van der Waals surface area contributed by atoms with E-state index < -0.39 is 0 Å². The van der Waals surface area contributed by atoms with E-state index in [1.54, 1.807) is 24.4 Å². The van der Waals surface area contributed by atoms with E-state index in [0.717, 1.165) is 17.1 Å². The van der Waals surface area contributed by atoms with Gasteiger partial charge in [0.05, 0.1) is 6.10 Å². The average molecular weight is 362 g/mol. The molecule has 0 radical (unpaired) electrons. The topological polar surface area (TPSA) is 76.1 Å². The molecular weight excluding hydrogens is 340 g/mol. The number of ketones is 1. The van der Waals surface area contributed by atoms with Gasteiger partial charge in [0, 0.05) is 23.1 Å². The molecule has 27 heavy (non-hydrogen) atoms. The zero-order valence-corrected chi connectivity index (χ0v) is 15.6. The maximum atomic E-state index is 11.5. The van der Waals surface area contributed by atoms with Gasteiger partial charge in [-0.25, -0.2) is 4.98 Å². The van der Waals surface area contributed by atoms with Crippen LogP contribution in [0, 0.1) is 0 Å². The van der Waals surface area contributed by atoms with Gasteiger partial charge in [-0.05, 0) is 63.2 Å². The lowest BCUT2D eigenvalue weighted by Gasteiger charge is -2.11. The smallest absolute Gasteiger partial charge is 0.229 e. The van der Waals surface area contributed by atoms with Crippen LogP contribution in [0.4, 0.5) is 23.1 Å². The monoisotopic (exact) mass is 362 g/mol. The van der Waals surface area contributed by atoms with E-state index in [0.29, 0.717) is 17.3 Å². The molecular formula is C21H22N4O2. The number of carbonyl (C=O) groups is 1. The van der Waals surface area contributed by atoms with Crippen LogP contribution < -0.4 is 15.4 Å². The predicted molar refractivity (Wildman–Crippen MR) is 107 cm³/mol. The summed E-state index contributed by atoms with van der Waals surface area (Å²) in [6.07, 6.45) is 1.81. The predicted octanol–water partition coefficient (Wildman–Crippen LogP) is 4.95. The van der Waals surface area contributed by atoms with Crippen molar-refractivity contribution in [2.75, 3.05) is 10.6 Å². The Morgan fingerprint density at radius 3 is 2.48 bits per heavy atom. The van der Waals surface area contributed by atoms with Gasteiger partial charge in [0.1, 0.15) is 11.6 Å². The van der Waals surface area contributed by atoms with E-state index in [1.165, 1.54) is 6.92 Å². The van der Waals surface area contributed by atoms with Crippen LogP contribution in [0.1, 0.15) is 31.1 Å². The van der Waals surface area contributed by atoms with Gasteiger partial charge in [0.15, 0.2) is 5.78 Å². The number of benzene rings is 2. The number of ether oxygens (including phenoxy) is 1. The molecule has 0 fully saturated rings. The van der Waals surface area contributed by atoms with Crippen molar-refractivity contribution >= 4 is 28.9 Å². The lowest BCUT2D eigenvalue weighted by atomic mass is 10.1. The van der Waals surface area contributed by atoms with Crippen molar-refractivity contribution in [3.8, 4) is 5.75 Å². The van der Waals surface area contributed by atoms with Gasteiger partial charge >= 0.3 is 0 Å². The van der Waals surface area contributed by atoms with Crippen molar-refractivity contribution in [1.29, 1.82) is 0 Å². The molecule has 0 atom stereocenters. The SMILES string of the molecule is CC(=O)c1cccc(Nc2nccc(Nc3ccc(OC(C)C)cc3)n2)c1. The van der Waals surface area contributed by atoms with Crippen LogP contribution in [0.3, 0.4) is 0 Å². The molecule has 3 aromatic rings. The second-order valence-corrected chi connectivity index (χ2v) is 6.34. The molecule has 6 nitrogen and oxygen atoms in total. The fourth-order valence-corrected chi connectivity index (χ4v) is 2.47. The molecule has 0 bridgehead atoms. The molecule has 1 heterocycles. The van der Waals surface area contributed by atoms with E-state index in [2.05, 4.69) is 20.6 Å². The third kappa shape index (κ3) is 5.28. The highest BCUT2D eigenvalue weighted by atomic mass is 16.5. The zero-order valence-electron chi connectivity index (χ0n) is 15.6. The number of anilines is 4. The molecule has 0 aliphatic heterocycles. The molecule has 0 aliphatic rings. The van der Waals surface area contributed by atoms with Gasteiger partial charge < -0.3 is 15.4 Å². The van der Waals surface area contributed by atoms with Gasteiger partial charge in [-0.15, -0.1) is 0 Å². The number of nitrogens with zero attached hydrogens (tertiary/aromatic N) is 2. The average Bonchev–Trinajstić information content (AvgIpc) is 2.63. The van der Waals surface area contributed by atoms with Crippen LogP contribution in [0.15, 0.2) is 60.8 Å². The van der Waals surface area contributed by atoms with E-state index in [1.807, 2.05) is 50.2 Å². The molecule has 0 saturated heterocycles. The quantitative estimate of drug-likeness (QED) is 0.579. The Morgan fingerprint density at radius 1 is 1.00 bits per heavy atom. The zero-order chi connectivity index (χ0) is 19.2. The highest BCUT2D eigenvalue weighted by Crippen LogP contribution is 2.21. The molecule has 0 aliphatic carbocycles. The first-order chi connectivity index (χ1) is 13.0. The Balaban J connectivity index is 1.70. The normalized spacial score (nSPS) is 10.5. The molecule has 2 aromatic carbocycles. The lowest BCUT2D eigenvalue weighted by molar-refractivity contribution is 0.101. The number of rotatable bonds is 7. The fraction of sp³-hybridized carbons (Fsp3) is 0.190. The maximum Gasteiger partial charge on any atom is 0.229 e. The lowest BCUT2D eigenvalue weighted by Crippen LogP contribution is -2.05. The fourth-order valence-electron chi connectivity index (χ4n) is 2.47. The third-order valence-corrected chi connectivity index (χ3v) is 3.68. The van der Waals surface area contributed by atoms with Crippen molar-refractivity contribution in [3.63, 3.8) is 0 Å². The maximum absolute atomic E-state index is 11.5. The van der Waals surface area contributed by atoms with E-state index >= 15 is 0 Å². The minimum Gasteiger partial charge on any atom is -0.491 e. The number of Topliss-reactive ketones (excluding diaryl/α,β-unsaturated/α-hetero) is 1. The molecule has 0 spiro atoms. The van der Waals surface area contributed by atoms with Crippen molar-refractivity contribution in [2.45, 2.75) is 26.9 Å². The second-order valence-electron chi connectivity index (χ2n) is 6.34. The van der Waals surface area contributed by atoms with Crippen molar-refractivity contribution < 1.29 is 9.53 Å². The minimum atomic E-state index is 0.0138. The van der Waals surface area contributed by atoms with Gasteiger partial charge in [-0.3, -0.25) is 4.79 Å². The number of nitrogens with one attached hydrogen (secondary N) is 2. The van der Waals surface area contributed by atoms with Gasteiger partial charge in [0.25, 0.3) is 0 Å². The van der Waals surface area contributed by atoms with Crippen molar-refractivity contribution in [2.24, 2.45) is 0 Å². The summed E-state index contributed by atoms with van der Waals surface area (Å²) >= 11 is 0. The summed E-state index contributed by atoms with van der Waals surface area (Å²) in [6.45, 7) is 5.53. The summed E-state index contributed by atoms with van der Waals surface area (Å²) < 4.78 is 5.64. The molecule has 6 heteroatoms. The van der Waals surface area contributed by atoms with Crippen LogP contribution in [0.5, 0.6) is 5.75 Å². The first kappa shape index (κ1) is 18.4. The summed E-state index contributed by atoms with van der Waals surface area (Å²) in [4.78, 5) is 20.2. The third-order valence-electron chi connectivity index (χ3n) is 3.68. The van der Waals surface area contributed by atoms with Crippen LogP contribution in [-0.2, 0) is 0 Å². The summed E-state index contributed by atoms with van der Waals surface area (Å²) in [6, 6.07) is 16.7. The Hall–Kier alpha value is -3.41. The Morgan fingerprint density at radius 2 is 1.78 bits per heavy atom. The number of hydrogen-bond acceptors (Lipinski definition) is 6.